The first kappa shape index (κ1) is 14.0. The topological polar surface area (TPSA) is 68.6 Å². The van der Waals surface area contributed by atoms with Crippen molar-refractivity contribution in [3.05, 3.63) is 54.5 Å². The number of hydrogen-bond acceptors (Lipinski definition) is 4. The molecule has 0 atom stereocenters. The van der Waals surface area contributed by atoms with E-state index in [1.54, 1.807) is 7.11 Å². The standard InChI is InChI=1S/C19H15N5O/c1-11-5-13(6-12-8-21-22-19(11)12)24-10-16-15-7-14(25-2)3-4-17(15)20-9-18(16)23-24/h3-10H,1-2H3,(H,21,22). The van der Waals surface area contributed by atoms with E-state index in [2.05, 4.69) is 34.2 Å². The molecule has 3 heterocycles. The third-order valence-electron chi connectivity index (χ3n) is 4.56. The third kappa shape index (κ3) is 2.07. The number of nitrogens with one attached hydrogen (secondary N) is 1. The molecular formula is C19H15N5O. The minimum Gasteiger partial charge on any atom is -0.497 e. The SMILES string of the molecule is COc1ccc2ncc3nn(-c4cc(C)c5[nH]ncc5c4)cc3c2c1. The summed E-state index contributed by atoms with van der Waals surface area (Å²) in [6.07, 6.45) is 5.68. The van der Waals surface area contributed by atoms with Crippen LogP contribution < -0.4 is 4.74 Å². The van der Waals surface area contributed by atoms with E-state index in [-0.39, 0.29) is 0 Å². The molecule has 0 saturated carbocycles. The molecule has 0 unspecified atom stereocenters. The van der Waals surface area contributed by atoms with Gasteiger partial charge in [0.1, 0.15) is 11.3 Å². The summed E-state index contributed by atoms with van der Waals surface area (Å²) in [6, 6.07) is 10.1. The summed E-state index contributed by atoms with van der Waals surface area (Å²) in [4.78, 5) is 4.50. The van der Waals surface area contributed by atoms with Gasteiger partial charge in [0.2, 0.25) is 0 Å². The van der Waals surface area contributed by atoms with E-state index >= 15 is 0 Å². The number of aromatic nitrogens is 5. The number of hydrogen-bond donors (Lipinski definition) is 1. The van der Waals surface area contributed by atoms with Gasteiger partial charge in [-0.3, -0.25) is 10.1 Å². The van der Waals surface area contributed by atoms with Crippen LogP contribution in [0.15, 0.2) is 48.9 Å². The molecule has 6 heteroatoms. The Morgan fingerprint density at radius 2 is 1.96 bits per heavy atom. The number of nitrogens with zero attached hydrogens (tertiary/aromatic N) is 4. The molecule has 0 radical (unpaired) electrons. The molecule has 0 spiro atoms. The molecule has 122 valence electrons. The van der Waals surface area contributed by atoms with Crippen molar-refractivity contribution >= 4 is 32.7 Å². The second-order valence-electron chi connectivity index (χ2n) is 6.11. The maximum Gasteiger partial charge on any atom is 0.119 e. The van der Waals surface area contributed by atoms with Crippen molar-refractivity contribution in [2.24, 2.45) is 0 Å². The fourth-order valence-corrected chi connectivity index (χ4v) is 3.27. The average Bonchev–Trinajstić information content (AvgIpc) is 3.28. The van der Waals surface area contributed by atoms with Crippen molar-refractivity contribution < 1.29 is 4.74 Å². The minimum absolute atomic E-state index is 0.810. The summed E-state index contributed by atoms with van der Waals surface area (Å²) in [5.74, 6) is 0.810. The van der Waals surface area contributed by atoms with Crippen molar-refractivity contribution in [2.75, 3.05) is 7.11 Å². The van der Waals surface area contributed by atoms with Crippen molar-refractivity contribution in [3.8, 4) is 11.4 Å². The molecule has 5 aromatic rings. The van der Waals surface area contributed by atoms with Crippen molar-refractivity contribution in [1.82, 2.24) is 25.0 Å². The Labute approximate surface area is 143 Å². The van der Waals surface area contributed by atoms with E-state index in [9.17, 15) is 0 Å². The van der Waals surface area contributed by atoms with E-state index in [1.807, 2.05) is 41.5 Å². The Morgan fingerprint density at radius 3 is 2.84 bits per heavy atom. The summed E-state index contributed by atoms with van der Waals surface area (Å²) < 4.78 is 7.25. The molecule has 3 aromatic heterocycles. The van der Waals surface area contributed by atoms with E-state index in [1.165, 1.54) is 0 Å². The zero-order valence-corrected chi connectivity index (χ0v) is 13.8. The van der Waals surface area contributed by atoms with Crippen LogP contribution in [-0.4, -0.2) is 32.1 Å². The molecule has 25 heavy (non-hydrogen) atoms. The summed E-state index contributed by atoms with van der Waals surface area (Å²) >= 11 is 0. The normalized spacial score (nSPS) is 11.6. The fraction of sp³-hybridized carbons (Fsp3) is 0.105. The Morgan fingerprint density at radius 1 is 1.04 bits per heavy atom. The highest BCUT2D eigenvalue weighted by Gasteiger charge is 2.10. The van der Waals surface area contributed by atoms with Crippen LogP contribution in [0.4, 0.5) is 0 Å². The predicted molar refractivity (Wildman–Crippen MR) is 97.3 cm³/mol. The molecule has 2 aromatic carbocycles. The number of H-pyrrole nitrogens is 1. The van der Waals surface area contributed by atoms with Gasteiger partial charge in [-0.05, 0) is 42.8 Å². The van der Waals surface area contributed by atoms with Crippen molar-refractivity contribution in [1.29, 1.82) is 0 Å². The van der Waals surface area contributed by atoms with Crippen LogP contribution in [0.5, 0.6) is 5.75 Å². The lowest BCUT2D eigenvalue weighted by molar-refractivity contribution is 0.415. The summed E-state index contributed by atoms with van der Waals surface area (Å²) in [5.41, 5.74) is 4.96. The summed E-state index contributed by atoms with van der Waals surface area (Å²) in [5, 5.41) is 15.0. The number of aryl methyl sites for hydroxylation is 1. The number of rotatable bonds is 2. The van der Waals surface area contributed by atoms with Crippen LogP contribution in [0.3, 0.4) is 0 Å². The number of fused-ring (bicyclic) bond motifs is 4. The van der Waals surface area contributed by atoms with Gasteiger partial charge in [0.25, 0.3) is 0 Å². The molecule has 0 amide bonds. The maximum absolute atomic E-state index is 5.35. The highest BCUT2D eigenvalue weighted by atomic mass is 16.5. The molecule has 6 nitrogen and oxygen atoms in total. The molecule has 0 aliphatic heterocycles. The van der Waals surface area contributed by atoms with Gasteiger partial charge < -0.3 is 4.74 Å². The van der Waals surface area contributed by atoms with E-state index < -0.39 is 0 Å². The van der Waals surface area contributed by atoms with E-state index in [0.717, 1.165) is 49.7 Å². The molecule has 0 aliphatic carbocycles. The molecular weight excluding hydrogens is 314 g/mol. The maximum atomic E-state index is 5.35. The zero-order valence-electron chi connectivity index (χ0n) is 13.8. The zero-order chi connectivity index (χ0) is 17.0. The van der Waals surface area contributed by atoms with Gasteiger partial charge >= 0.3 is 0 Å². The third-order valence-corrected chi connectivity index (χ3v) is 4.56. The van der Waals surface area contributed by atoms with Gasteiger partial charge in [-0.1, -0.05) is 0 Å². The van der Waals surface area contributed by atoms with Crippen LogP contribution >= 0.6 is 0 Å². The molecule has 0 saturated heterocycles. The Bertz CT molecular complexity index is 1250. The lowest BCUT2D eigenvalue weighted by atomic mass is 10.1. The van der Waals surface area contributed by atoms with Crippen molar-refractivity contribution in [2.45, 2.75) is 6.92 Å². The van der Waals surface area contributed by atoms with Gasteiger partial charge in [-0.25, -0.2) is 4.68 Å². The molecule has 0 bridgehead atoms. The largest absolute Gasteiger partial charge is 0.497 e. The van der Waals surface area contributed by atoms with Gasteiger partial charge in [0, 0.05) is 22.4 Å². The lowest BCUT2D eigenvalue weighted by Crippen LogP contribution is -1.95. The Hall–Kier alpha value is -3.41. The highest BCUT2D eigenvalue weighted by Crippen LogP contribution is 2.28. The smallest absolute Gasteiger partial charge is 0.119 e. The second kappa shape index (κ2) is 5.04. The van der Waals surface area contributed by atoms with Crippen LogP contribution in [0.25, 0.3) is 38.4 Å². The second-order valence-corrected chi connectivity index (χ2v) is 6.11. The van der Waals surface area contributed by atoms with Crippen LogP contribution in [0.1, 0.15) is 5.56 Å². The number of pyridine rings is 1. The number of benzene rings is 2. The average molecular weight is 329 g/mol. The van der Waals surface area contributed by atoms with Gasteiger partial charge in [-0.15, -0.1) is 0 Å². The van der Waals surface area contributed by atoms with E-state index in [0.29, 0.717) is 0 Å². The van der Waals surface area contributed by atoms with Gasteiger partial charge in [-0.2, -0.15) is 10.2 Å². The lowest BCUT2D eigenvalue weighted by Gasteiger charge is -2.03. The Balaban J connectivity index is 1.77. The van der Waals surface area contributed by atoms with Crippen LogP contribution in [0.2, 0.25) is 0 Å². The number of aromatic amines is 1. The first-order valence-electron chi connectivity index (χ1n) is 7.99. The summed E-state index contributed by atoms with van der Waals surface area (Å²) in [7, 11) is 1.67. The number of methoxy groups -OCH3 is 1. The van der Waals surface area contributed by atoms with Crippen LogP contribution in [0, 0.1) is 6.92 Å². The summed E-state index contributed by atoms with van der Waals surface area (Å²) in [6.45, 7) is 2.06. The quantitative estimate of drug-likeness (QED) is 0.535. The van der Waals surface area contributed by atoms with Crippen molar-refractivity contribution in [3.63, 3.8) is 0 Å². The number of ether oxygens (including phenoxy) is 1. The van der Waals surface area contributed by atoms with Gasteiger partial charge in [0.15, 0.2) is 0 Å². The predicted octanol–water partition coefficient (Wildman–Crippen LogP) is 3.77. The van der Waals surface area contributed by atoms with E-state index in [4.69, 9.17) is 9.84 Å². The molecule has 0 fully saturated rings. The molecule has 1 N–H and O–H groups in total. The molecule has 0 aliphatic rings. The van der Waals surface area contributed by atoms with Gasteiger partial charge in [0.05, 0.1) is 36.2 Å². The Kier molecular flexibility index (Phi) is 2.82. The highest BCUT2D eigenvalue weighted by molar-refractivity contribution is 6.04. The molecule has 5 rings (SSSR count). The monoisotopic (exact) mass is 329 g/mol. The first-order valence-corrected chi connectivity index (χ1v) is 7.99. The van der Waals surface area contributed by atoms with Crippen LogP contribution in [-0.2, 0) is 0 Å². The minimum atomic E-state index is 0.810. The fourth-order valence-electron chi connectivity index (χ4n) is 3.27. The first-order chi connectivity index (χ1) is 12.2.